The normalized spacial score (nSPS) is 11.7. The summed E-state index contributed by atoms with van der Waals surface area (Å²) in [4.78, 5) is 12.1. The summed E-state index contributed by atoms with van der Waals surface area (Å²) >= 11 is 11.8. The van der Waals surface area contributed by atoms with Crippen molar-refractivity contribution in [3.8, 4) is 0 Å². The van der Waals surface area contributed by atoms with Gasteiger partial charge in [0, 0.05) is 20.3 Å². The lowest BCUT2D eigenvalue weighted by molar-refractivity contribution is -0.121. The Labute approximate surface area is 168 Å². The lowest BCUT2D eigenvalue weighted by Gasteiger charge is -2.21. The highest BCUT2D eigenvalue weighted by Gasteiger charge is 2.28. The highest BCUT2D eigenvalue weighted by atomic mass is 35.5. The fraction of sp³-hybridized carbons (Fsp3) is 0.353. The zero-order valence-corrected chi connectivity index (χ0v) is 17.0. The third-order valence-corrected chi connectivity index (χ3v) is 6.14. The van der Waals surface area contributed by atoms with E-state index in [0.717, 1.165) is 4.31 Å². The molecule has 0 unspecified atom stereocenters. The van der Waals surface area contributed by atoms with Crippen molar-refractivity contribution < 1.29 is 22.4 Å². The molecule has 1 N–H and O–H groups in total. The van der Waals surface area contributed by atoms with E-state index < -0.39 is 15.9 Å². The molecule has 0 saturated heterocycles. The lowest BCUT2D eigenvalue weighted by Crippen LogP contribution is -2.40. The molecule has 0 saturated carbocycles. The number of nitrogens with zero attached hydrogens (tertiary/aromatic N) is 1. The predicted molar refractivity (Wildman–Crippen MR) is 102 cm³/mol. The van der Waals surface area contributed by atoms with Crippen LogP contribution in [0.4, 0.5) is 0 Å². The molecule has 10 heteroatoms. The Hall–Kier alpha value is -1.58. The van der Waals surface area contributed by atoms with Crippen molar-refractivity contribution in [2.45, 2.75) is 17.9 Å². The summed E-state index contributed by atoms with van der Waals surface area (Å²) in [5.74, 6) is -0.0212. The Bertz CT molecular complexity index is 856. The van der Waals surface area contributed by atoms with E-state index in [1.54, 1.807) is 19.2 Å². The minimum Gasteiger partial charge on any atom is -0.468 e. The summed E-state index contributed by atoms with van der Waals surface area (Å²) in [6, 6.07) is 7.27. The van der Waals surface area contributed by atoms with Gasteiger partial charge in [-0.15, -0.1) is 0 Å². The molecule has 0 fully saturated rings. The molecule has 1 heterocycles. The van der Waals surface area contributed by atoms with Gasteiger partial charge in [-0.2, -0.15) is 4.31 Å². The number of methoxy groups -OCH3 is 1. The van der Waals surface area contributed by atoms with Gasteiger partial charge in [-0.3, -0.25) is 4.79 Å². The molecule has 27 heavy (non-hydrogen) atoms. The first-order chi connectivity index (χ1) is 12.8. The minimum absolute atomic E-state index is 0.0596. The van der Waals surface area contributed by atoms with Gasteiger partial charge in [0.25, 0.3) is 0 Å². The second kappa shape index (κ2) is 10.1. The number of benzene rings is 1. The van der Waals surface area contributed by atoms with Gasteiger partial charge in [-0.25, -0.2) is 8.42 Å². The zero-order valence-electron chi connectivity index (χ0n) is 14.7. The number of nitrogens with one attached hydrogen (secondary N) is 1. The third kappa shape index (κ3) is 6.22. The number of halogens is 2. The number of furan rings is 1. The SMILES string of the molecule is COCCCNC(=O)CN(Cc1ccco1)S(=O)(=O)c1ccc(Cl)c(Cl)c1. The summed E-state index contributed by atoms with van der Waals surface area (Å²) in [5.41, 5.74) is 0. The van der Waals surface area contributed by atoms with Crippen LogP contribution in [0.2, 0.25) is 10.0 Å². The van der Waals surface area contributed by atoms with Crippen LogP contribution in [0.3, 0.4) is 0 Å². The van der Waals surface area contributed by atoms with Crippen molar-refractivity contribution in [3.63, 3.8) is 0 Å². The van der Waals surface area contributed by atoms with E-state index in [1.165, 1.54) is 24.5 Å². The number of ether oxygens (including phenoxy) is 1. The van der Waals surface area contributed by atoms with E-state index in [2.05, 4.69) is 5.32 Å². The van der Waals surface area contributed by atoms with E-state index in [0.29, 0.717) is 25.3 Å². The van der Waals surface area contributed by atoms with E-state index in [-0.39, 0.29) is 28.0 Å². The van der Waals surface area contributed by atoms with Gasteiger partial charge in [-0.05, 0) is 36.8 Å². The number of carbonyl (C=O) groups is 1. The van der Waals surface area contributed by atoms with Gasteiger partial charge in [-0.1, -0.05) is 23.2 Å². The second-order valence-corrected chi connectivity index (χ2v) is 8.38. The molecule has 7 nitrogen and oxygen atoms in total. The average Bonchev–Trinajstić information content (AvgIpc) is 3.13. The zero-order chi connectivity index (χ0) is 19.9. The molecule has 1 aromatic heterocycles. The molecule has 0 radical (unpaired) electrons. The molecule has 148 valence electrons. The topological polar surface area (TPSA) is 88.8 Å². The predicted octanol–water partition coefficient (Wildman–Crippen LogP) is 2.93. The monoisotopic (exact) mass is 434 g/mol. The van der Waals surface area contributed by atoms with Crippen LogP contribution in [0.1, 0.15) is 12.2 Å². The smallest absolute Gasteiger partial charge is 0.244 e. The first-order valence-electron chi connectivity index (χ1n) is 8.08. The van der Waals surface area contributed by atoms with Gasteiger partial charge in [0.05, 0.1) is 34.3 Å². The number of carbonyl (C=O) groups excluding carboxylic acids is 1. The molecular weight excluding hydrogens is 415 g/mol. The number of rotatable bonds is 10. The molecule has 0 aliphatic rings. The van der Waals surface area contributed by atoms with Crippen LogP contribution in [0.25, 0.3) is 0 Å². The van der Waals surface area contributed by atoms with Crippen LogP contribution in [-0.2, 0) is 26.1 Å². The Morgan fingerprint density at radius 2 is 2.04 bits per heavy atom. The highest BCUT2D eigenvalue weighted by Crippen LogP contribution is 2.27. The second-order valence-electron chi connectivity index (χ2n) is 5.62. The number of hydrogen-bond acceptors (Lipinski definition) is 5. The molecule has 2 rings (SSSR count). The van der Waals surface area contributed by atoms with Gasteiger partial charge in [0.1, 0.15) is 5.76 Å². The molecule has 1 amide bonds. The first kappa shape index (κ1) is 21.7. The number of amides is 1. The molecule has 0 bridgehead atoms. The van der Waals surface area contributed by atoms with Gasteiger partial charge < -0.3 is 14.5 Å². The van der Waals surface area contributed by atoms with Crippen LogP contribution in [-0.4, -0.2) is 45.4 Å². The van der Waals surface area contributed by atoms with E-state index in [4.69, 9.17) is 32.4 Å². The summed E-state index contributed by atoms with van der Waals surface area (Å²) in [5, 5.41) is 3.02. The fourth-order valence-corrected chi connectivity index (χ4v) is 4.00. The van der Waals surface area contributed by atoms with Crippen molar-refractivity contribution >= 4 is 39.1 Å². The van der Waals surface area contributed by atoms with E-state index >= 15 is 0 Å². The van der Waals surface area contributed by atoms with Crippen LogP contribution >= 0.6 is 23.2 Å². The van der Waals surface area contributed by atoms with Crippen molar-refractivity contribution in [1.29, 1.82) is 0 Å². The minimum atomic E-state index is -4.00. The summed E-state index contributed by atoms with van der Waals surface area (Å²) in [7, 11) is -2.44. The number of sulfonamides is 1. The highest BCUT2D eigenvalue weighted by molar-refractivity contribution is 7.89. The van der Waals surface area contributed by atoms with E-state index in [1.807, 2.05) is 0 Å². The van der Waals surface area contributed by atoms with E-state index in [9.17, 15) is 13.2 Å². The molecule has 0 atom stereocenters. The number of hydrogen-bond donors (Lipinski definition) is 1. The Morgan fingerprint density at radius 1 is 1.26 bits per heavy atom. The van der Waals surface area contributed by atoms with Crippen molar-refractivity contribution in [2.75, 3.05) is 26.8 Å². The largest absolute Gasteiger partial charge is 0.468 e. The average molecular weight is 435 g/mol. The third-order valence-electron chi connectivity index (χ3n) is 3.61. The van der Waals surface area contributed by atoms with Crippen LogP contribution in [0.15, 0.2) is 45.9 Å². The first-order valence-corrected chi connectivity index (χ1v) is 10.3. The Kier molecular flexibility index (Phi) is 8.12. The van der Waals surface area contributed by atoms with Crippen molar-refractivity contribution in [1.82, 2.24) is 9.62 Å². The van der Waals surface area contributed by atoms with Crippen LogP contribution < -0.4 is 5.32 Å². The molecule has 2 aromatic rings. The molecular formula is C17H20Cl2N2O5S. The quantitative estimate of drug-likeness (QED) is 0.580. The maximum atomic E-state index is 13.0. The molecule has 0 aliphatic heterocycles. The maximum absolute atomic E-state index is 13.0. The van der Waals surface area contributed by atoms with Gasteiger partial charge >= 0.3 is 0 Å². The molecule has 0 spiro atoms. The van der Waals surface area contributed by atoms with Crippen molar-refractivity contribution in [2.24, 2.45) is 0 Å². The molecule has 1 aromatic carbocycles. The Morgan fingerprint density at radius 3 is 2.67 bits per heavy atom. The maximum Gasteiger partial charge on any atom is 0.244 e. The summed E-state index contributed by atoms with van der Waals surface area (Å²) < 4.78 is 37.2. The van der Waals surface area contributed by atoms with Crippen molar-refractivity contribution in [3.05, 3.63) is 52.4 Å². The summed E-state index contributed by atoms with van der Waals surface area (Å²) in [6.07, 6.45) is 2.06. The van der Waals surface area contributed by atoms with Crippen LogP contribution in [0.5, 0.6) is 0 Å². The Balaban J connectivity index is 2.20. The van der Waals surface area contributed by atoms with Gasteiger partial charge in [0.15, 0.2) is 0 Å². The molecule has 0 aliphatic carbocycles. The summed E-state index contributed by atoms with van der Waals surface area (Å²) in [6.45, 7) is 0.420. The van der Waals surface area contributed by atoms with Crippen LogP contribution in [0, 0.1) is 0 Å². The van der Waals surface area contributed by atoms with Gasteiger partial charge in [0.2, 0.25) is 15.9 Å². The fourth-order valence-electron chi connectivity index (χ4n) is 2.25. The standard InChI is InChI=1S/C17H20Cl2N2O5S/c1-25-8-3-7-20-17(22)12-21(11-13-4-2-9-26-13)27(23,24)14-5-6-15(18)16(19)10-14/h2,4-6,9-10H,3,7-8,11-12H2,1H3,(H,20,22). The lowest BCUT2D eigenvalue weighted by atomic mass is 10.4.